The fourth-order valence-corrected chi connectivity index (χ4v) is 5.80. The van der Waals surface area contributed by atoms with Crippen molar-refractivity contribution in [2.24, 2.45) is 4.99 Å². The van der Waals surface area contributed by atoms with E-state index >= 15 is 0 Å². The van der Waals surface area contributed by atoms with E-state index < -0.39 is 0 Å². The van der Waals surface area contributed by atoms with Crippen LogP contribution in [0.25, 0.3) is 0 Å². The van der Waals surface area contributed by atoms with Gasteiger partial charge in [0.05, 0.1) is 13.7 Å². The highest BCUT2D eigenvalue weighted by Gasteiger charge is 2.38. The molecule has 2 heterocycles. The zero-order chi connectivity index (χ0) is 20.5. The molecule has 30 heavy (non-hydrogen) atoms. The Morgan fingerprint density at radius 3 is 2.40 bits per heavy atom. The number of nitrogens with one attached hydrogen (secondary N) is 2. The van der Waals surface area contributed by atoms with Crippen molar-refractivity contribution in [3.05, 3.63) is 0 Å². The number of piperidine rings is 1. The summed E-state index contributed by atoms with van der Waals surface area (Å²) in [6.45, 7) is 7.74. The number of hydrogen-bond donors (Lipinski definition) is 2. The number of nitrogens with zero attached hydrogens (tertiary/aromatic N) is 3. The average molecular weight is 554 g/mol. The van der Waals surface area contributed by atoms with Crippen LogP contribution in [0.3, 0.4) is 0 Å². The number of hydrogen-bond acceptors (Lipinski definition) is 5. The van der Waals surface area contributed by atoms with Gasteiger partial charge in [-0.1, -0.05) is 19.3 Å². The van der Waals surface area contributed by atoms with Crippen molar-refractivity contribution in [3.63, 3.8) is 0 Å². The molecule has 7 nitrogen and oxygen atoms in total. The zero-order valence-corrected chi connectivity index (χ0v) is 21.8. The van der Waals surface area contributed by atoms with Gasteiger partial charge in [0.2, 0.25) is 0 Å². The van der Waals surface area contributed by atoms with Gasteiger partial charge in [0, 0.05) is 55.8 Å². The molecule has 0 bridgehead atoms. The SMILES string of the molecule is CCNC(=NCC1(N2CCSCC2)CCCCC1)NC1CCN(C(=O)OC)CC1.I. The Hall–Kier alpha value is -0.420. The number of ether oxygens (including phenoxy) is 1. The molecule has 1 saturated carbocycles. The second-order valence-corrected chi connectivity index (χ2v) is 9.68. The molecule has 0 aromatic rings. The maximum atomic E-state index is 11.7. The number of amides is 1. The lowest BCUT2D eigenvalue weighted by Crippen LogP contribution is -2.56. The van der Waals surface area contributed by atoms with Crippen molar-refractivity contribution in [2.75, 3.05) is 57.9 Å². The highest BCUT2D eigenvalue weighted by Crippen LogP contribution is 2.35. The summed E-state index contributed by atoms with van der Waals surface area (Å²) in [5.74, 6) is 3.44. The summed E-state index contributed by atoms with van der Waals surface area (Å²) in [6, 6.07) is 0.349. The number of thioether (sulfide) groups is 1. The first-order valence-corrected chi connectivity index (χ1v) is 12.5. The third-order valence-corrected chi connectivity index (χ3v) is 7.55. The van der Waals surface area contributed by atoms with E-state index in [1.165, 1.54) is 63.8 Å². The van der Waals surface area contributed by atoms with Crippen LogP contribution < -0.4 is 10.6 Å². The normalized spacial score (nSPS) is 23.4. The molecule has 0 radical (unpaired) electrons. The van der Waals surface area contributed by atoms with Crippen molar-refractivity contribution < 1.29 is 9.53 Å². The van der Waals surface area contributed by atoms with Gasteiger partial charge in [-0.3, -0.25) is 9.89 Å². The van der Waals surface area contributed by atoms with Gasteiger partial charge in [-0.05, 0) is 32.6 Å². The van der Waals surface area contributed by atoms with E-state index in [0.717, 1.165) is 45.0 Å². The van der Waals surface area contributed by atoms with Gasteiger partial charge < -0.3 is 20.3 Å². The highest BCUT2D eigenvalue weighted by atomic mass is 127. The minimum atomic E-state index is -0.219. The van der Waals surface area contributed by atoms with Gasteiger partial charge in [0.15, 0.2) is 5.96 Å². The molecule has 3 rings (SSSR count). The molecular weight excluding hydrogens is 513 g/mol. The van der Waals surface area contributed by atoms with E-state index in [-0.39, 0.29) is 35.6 Å². The molecule has 0 atom stereocenters. The molecule has 9 heteroatoms. The van der Waals surface area contributed by atoms with Crippen LogP contribution in [0.4, 0.5) is 4.79 Å². The fraction of sp³-hybridized carbons (Fsp3) is 0.905. The van der Waals surface area contributed by atoms with Gasteiger partial charge in [-0.2, -0.15) is 11.8 Å². The maximum Gasteiger partial charge on any atom is 0.409 e. The molecule has 1 aliphatic carbocycles. The van der Waals surface area contributed by atoms with Crippen molar-refractivity contribution in [1.29, 1.82) is 0 Å². The van der Waals surface area contributed by atoms with Crippen LogP contribution in [0.1, 0.15) is 51.9 Å². The molecule has 2 aliphatic heterocycles. The van der Waals surface area contributed by atoms with Crippen molar-refractivity contribution in [3.8, 4) is 0 Å². The van der Waals surface area contributed by atoms with Crippen molar-refractivity contribution >= 4 is 47.8 Å². The first-order chi connectivity index (χ1) is 14.2. The summed E-state index contributed by atoms with van der Waals surface area (Å²) >= 11 is 2.08. The van der Waals surface area contributed by atoms with E-state index in [2.05, 4.69) is 34.2 Å². The quantitative estimate of drug-likeness (QED) is 0.310. The number of carbonyl (C=O) groups is 1. The third kappa shape index (κ3) is 7.05. The Labute approximate surface area is 203 Å². The molecule has 1 amide bonds. The molecule has 0 aromatic carbocycles. The molecule has 0 spiro atoms. The van der Waals surface area contributed by atoms with Crippen LogP contribution in [0.5, 0.6) is 0 Å². The molecule has 0 unspecified atom stereocenters. The molecule has 3 aliphatic rings. The minimum Gasteiger partial charge on any atom is -0.453 e. The predicted octanol–water partition coefficient (Wildman–Crippen LogP) is 3.14. The Morgan fingerprint density at radius 1 is 1.13 bits per heavy atom. The summed E-state index contributed by atoms with van der Waals surface area (Å²) in [6.07, 6.45) is 8.20. The second-order valence-electron chi connectivity index (χ2n) is 8.46. The summed E-state index contributed by atoms with van der Waals surface area (Å²) < 4.78 is 4.84. The number of carbonyl (C=O) groups excluding carboxylic acids is 1. The lowest BCUT2D eigenvalue weighted by atomic mass is 9.80. The minimum absolute atomic E-state index is 0. The van der Waals surface area contributed by atoms with E-state index in [4.69, 9.17) is 9.73 Å². The zero-order valence-electron chi connectivity index (χ0n) is 18.7. The van der Waals surface area contributed by atoms with Crippen molar-refractivity contribution in [1.82, 2.24) is 20.4 Å². The summed E-state index contributed by atoms with van der Waals surface area (Å²) in [7, 11) is 1.45. The second kappa shape index (κ2) is 13.2. The Bertz CT molecular complexity index is 546. The standard InChI is InChI=1S/C21H39N5O2S.HI/c1-3-22-19(24-18-7-11-25(12-8-18)20(27)28-2)23-17-21(9-5-4-6-10-21)26-13-15-29-16-14-26;/h18H,3-17H2,1-2H3,(H2,22,23,24);1H. The van der Waals surface area contributed by atoms with Gasteiger partial charge in [-0.15, -0.1) is 24.0 Å². The molecule has 2 N–H and O–H groups in total. The average Bonchev–Trinajstić information content (AvgIpc) is 2.79. The van der Waals surface area contributed by atoms with Crippen LogP contribution in [0, 0.1) is 0 Å². The Balaban J connectivity index is 0.00000320. The van der Waals surface area contributed by atoms with Gasteiger partial charge in [-0.25, -0.2) is 4.79 Å². The van der Waals surface area contributed by atoms with Crippen LogP contribution in [-0.2, 0) is 4.74 Å². The van der Waals surface area contributed by atoms with Crippen LogP contribution in [0.2, 0.25) is 0 Å². The van der Waals surface area contributed by atoms with Crippen LogP contribution in [0.15, 0.2) is 4.99 Å². The van der Waals surface area contributed by atoms with E-state index in [0.29, 0.717) is 6.04 Å². The van der Waals surface area contributed by atoms with Crippen molar-refractivity contribution in [2.45, 2.75) is 63.5 Å². The van der Waals surface area contributed by atoms with Gasteiger partial charge in [0.1, 0.15) is 0 Å². The first-order valence-electron chi connectivity index (χ1n) is 11.4. The Morgan fingerprint density at radius 2 is 1.80 bits per heavy atom. The largest absolute Gasteiger partial charge is 0.453 e. The molecular formula is C21H40IN5O2S. The molecule has 2 saturated heterocycles. The van der Waals surface area contributed by atoms with Gasteiger partial charge >= 0.3 is 6.09 Å². The monoisotopic (exact) mass is 553 g/mol. The van der Waals surface area contributed by atoms with E-state index in [9.17, 15) is 4.79 Å². The van der Waals surface area contributed by atoms with Crippen LogP contribution >= 0.6 is 35.7 Å². The summed E-state index contributed by atoms with van der Waals surface area (Å²) in [4.78, 5) is 21.3. The molecule has 3 fully saturated rings. The smallest absolute Gasteiger partial charge is 0.409 e. The first kappa shape index (κ1) is 25.8. The highest BCUT2D eigenvalue weighted by molar-refractivity contribution is 14.0. The van der Waals surface area contributed by atoms with Crippen LogP contribution in [-0.4, -0.2) is 91.3 Å². The lowest BCUT2D eigenvalue weighted by Gasteiger charge is -2.47. The lowest BCUT2D eigenvalue weighted by molar-refractivity contribution is 0.0671. The van der Waals surface area contributed by atoms with Gasteiger partial charge in [0.25, 0.3) is 0 Å². The Kier molecular flexibility index (Phi) is 11.4. The van der Waals surface area contributed by atoms with E-state index in [1.807, 2.05) is 0 Å². The predicted molar refractivity (Wildman–Crippen MR) is 136 cm³/mol. The number of methoxy groups -OCH3 is 1. The maximum absolute atomic E-state index is 11.7. The fourth-order valence-electron chi connectivity index (χ4n) is 4.90. The number of rotatable bonds is 5. The summed E-state index contributed by atoms with van der Waals surface area (Å²) in [5.41, 5.74) is 0.246. The number of halogens is 1. The summed E-state index contributed by atoms with van der Waals surface area (Å²) in [5, 5.41) is 7.08. The van der Waals surface area contributed by atoms with E-state index in [1.54, 1.807) is 4.90 Å². The molecule has 0 aromatic heterocycles. The number of likely N-dealkylation sites (tertiary alicyclic amines) is 1. The molecule has 174 valence electrons. The topological polar surface area (TPSA) is 69.2 Å². The number of guanidine groups is 1. The number of aliphatic imine (C=N–C) groups is 1. The third-order valence-electron chi connectivity index (χ3n) is 6.61.